The summed E-state index contributed by atoms with van der Waals surface area (Å²) in [5.74, 6) is 0. The molecule has 1 aromatic rings. The number of thiazole rings is 1. The lowest BCUT2D eigenvalue weighted by Gasteiger charge is -2.15. The summed E-state index contributed by atoms with van der Waals surface area (Å²) in [6, 6.07) is -0.00769. The summed E-state index contributed by atoms with van der Waals surface area (Å²) in [5.41, 5.74) is 1.02. The van der Waals surface area contributed by atoms with Crippen molar-refractivity contribution in [3.63, 3.8) is 0 Å². The molecule has 0 bridgehead atoms. The molecule has 0 radical (unpaired) electrons. The first-order valence-corrected chi connectivity index (χ1v) is 6.70. The summed E-state index contributed by atoms with van der Waals surface area (Å²) in [5, 5.41) is 24.6. The second kappa shape index (κ2) is 5.91. The molecular formula is C12H22N2O2S. The van der Waals surface area contributed by atoms with Gasteiger partial charge in [-0.25, -0.2) is 4.98 Å². The fourth-order valence-corrected chi connectivity index (χ4v) is 2.28. The summed E-state index contributed by atoms with van der Waals surface area (Å²) in [6.07, 6.45) is -0.606. The Morgan fingerprint density at radius 1 is 1.47 bits per heavy atom. The molecule has 0 aliphatic heterocycles. The summed E-state index contributed by atoms with van der Waals surface area (Å²) in [4.78, 5) is 4.45. The number of aliphatic hydroxyl groups is 2. The van der Waals surface area contributed by atoms with E-state index in [2.05, 4.69) is 31.1 Å². The van der Waals surface area contributed by atoms with Crippen molar-refractivity contribution >= 4 is 11.3 Å². The maximum Gasteiger partial charge on any atom is 0.123 e. The van der Waals surface area contributed by atoms with Gasteiger partial charge in [0, 0.05) is 23.4 Å². The number of nitrogens with one attached hydrogen (secondary N) is 1. The van der Waals surface area contributed by atoms with E-state index in [0.29, 0.717) is 6.54 Å². The standard InChI is InChI=1S/C12H22N2O2S/c1-8(6-15)13-5-9(16)11-14-10(7-17-11)12(2,3)4/h7-9,13,15-16H,5-6H2,1-4H3/t8-,9?/m1/s1. The van der Waals surface area contributed by atoms with Gasteiger partial charge in [0.25, 0.3) is 0 Å². The molecule has 0 saturated heterocycles. The van der Waals surface area contributed by atoms with Crippen molar-refractivity contribution in [3.05, 3.63) is 16.1 Å². The third kappa shape index (κ3) is 4.35. The van der Waals surface area contributed by atoms with Gasteiger partial charge in [0.05, 0.1) is 12.3 Å². The largest absolute Gasteiger partial charge is 0.395 e. The van der Waals surface area contributed by atoms with Gasteiger partial charge in [-0.2, -0.15) is 0 Å². The average Bonchev–Trinajstić information content (AvgIpc) is 2.74. The van der Waals surface area contributed by atoms with Crippen LogP contribution in [0.15, 0.2) is 5.38 Å². The molecule has 2 atom stereocenters. The van der Waals surface area contributed by atoms with Crippen LogP contribution < -0.4 is 5.32 Å². The molecule has 5 heteroatoms. The number of nitrogens with zero attached hydrogens (tertiary/aromatic N) is 1. The SMILES string of the molecule is C[C@H](CO)NCC(O)c1nc(C(C)(C)C)cs1. The topological polar surface area (TPSA) is 65.4 Å². The Balaban J connectivity index is 2.58. The van der Waals surface area contributed by atoms with Crippen LogP contribution in [0.3, 0.4) is 0 Å². The number of aliphatic hydroxyl groups excluding tert-OH is 2. The lowest BCUT2D eigenvalue weighted by atomic mass is 9.93. The second-order valence-electron chi connectivity index (χ2n) is 5.33. The van der Waals surface area contributed by atoms with Gasteiger partial charge in [-0.05, 0) is 6.92 Å². The Labute approximate surface area is 107 Å². The van der Waals surface area contributed by atoms with E-state index in [1.807, 2.05) is 12.3 Å². The van der Waals surface area contributed by atoms with E-state index >= 15 is 0 Å². The third-order valence-corrected chi connectivity index (χ3v) is 3.45. The first-order chi connectivity index (χ1) is 7.84. The van der Waals surface area contributed by atoms with Gasteiger partial charge in [-0.15, -0.1) is 11.3 Å². The Hall–Kier alpha value is -0.490. The normalized spacial score (nSPS) is 15.9. The molecule has 0 fully saturated rings. The zero-order chi connectivity index (χ0) is 13.1. The van der Waals surface area contributed by atoms with Gasteiger partial charge in [-0.3, -0.25) is 0 Å². The van der Waals surface area contributed by atoms with Crippen LogP contribution >= 0.6 is 11.3 Å². The van der Waals surface area contributed by atoms with E-state index in [1.54, 1.807) is 0 Å². The highest BCUT2D eigenvalue weighted by molar-refractivity contribution is 7.09. The van der Waals surface area contributed by atoms with Crippen molar-refractivity contribution in [3.8, 4) is 0 Å². The smallest absolute Gasteiger partial charge is 0.123 e. The van der Waals surface area contributed by atoms with E-state index in [1.165, 1.54) is 11.3 Å². The number of hydrogen-bond acceptors (Lipinski definition) is 5. The molecule has 1 unspecified atom stereocenters. The van der Waals surface area contributed by atoms with Gasteiger partial charge in [0.2, 0.25) is 0 Å². The molecule has 0 aromatic carbocycles. The summed E-state index contributed by atoms with van der Waals surface area (Å²) >= 11 is 1.48. The minimum absolute atomic E-state index is 0.00769. The minimum Gasteiger partial charge on any atom is -0.395 e. The van der Waals surface area contributed by atoms with E-state index in [4.69, 9.17) is 5.11 Å². The van der Waals surface area contributed by atoms with Crippen LogP contribution in [0.5, 0.6) is 0 Å². The third-order valence-electron chi connectivity index (χ3n) is 2.51. The maximum atomic E-state index is 9.95. The van der Waals surface area contributed by atoms with Crippen molar-refractivity contribution in [2.45, 2.75) is 45.3 Å². The Morgan fingerprint density at radius 2 is 2.12 bits per heavy atom. The summed E-state index contributed by atoms with van der Waals surface area (Å²) in [7, 11) is 0. The molecule has 1 aromatic heterocycles. The second-order valence-corrected chi connectivity index (χ2v) is 6.22. The Bertz CT molecular complexity index is 347. The Morgan fingerprint density at radius 3 is 2.59 bits per heavy atom. The lowest BCUT2D eigenvalue weighted by molar-refractivity contribution is 0.160. The molecule has 0 aliphatic carbocycles. The number of aromatic nitrogens is 1. The van der Waals surface area contributed by atoms with Crippen LogP contribution in [0.1, 0.15) is 44.5 Å². The predicted molar refractivity (Wildman–Crippen MR) is 70.3 cm³/mol. The van der Waals surface area contributed by atoms with Gasteiger partial charge in [0.15, 0.2) is 0 Å². The molecule has 0 saturated carbocycles. The lowest BCUT2D eigenvalue weighted by Crippen LogP contribution is -2.32. The molecule has 0 amide bonds. The van der Waals surface area contributed by atoms with E-state index in [0.717, 1.165) is 10.7 Å². The number of hydrogen-bond donors (Lipinski definition) is 3. The van der Waals surface area contributed by atoms with Crippen LogP contribution in [0, 0.1) is 0 Å². The molecule has 17 heavy (non-hydrogen) atoms. The number of rotatable bonds is 5. The zero-order valence-electron chi connectivity index (χ0n) is 10.9. The molecular weight excluding hydrogens is 236 g/mol. The van der Waals surface area contributed by atoms with Crippen molar-refractivity contribution < 1.29 is 10.2 Å². The zero-order valence-corrected chi connectivity index (χ0v) is 11.7. The summed E-state index contributed by atoms with van der Waals surface area (Å²) in [6.45, 7) is 8.66. The van der Waals surface area contributed by atoms with E-state index in [9.17, 15) is 5.11 Å². The molecule has 3 N–H and O–H groups in total. The van der Waals surface area contributed by atoms with Gasteiger partial charge >= 0.3 is 0 Å². The maximum absolute atomic E-state index is 9.95. The van der Waals surface area contributed by atoms with Gasteiger partial charge in [-0.1, -0.05) is 20.8 Å². The highest BCUT2D eigenvalue weighted by atomic mass is 32.1. The molecule has 98 valence electrons. The van der Waals surface area contributed by atoms with Crippen molar-refractivity contribution in [1.29, 1.82) is 0 Å². The Kier molecular flexibility index (Phi) is 5.06. The molecule has 4 nitrogen and oxygen atoms in total. The quantitative estimate of drug-likeness (QED) is 0.748. The van der Waals surface area contributed by atoms with Gasteiger partial charge < -0.3 is 15.5 Å². The highest BCUT2D eigenvalue weighted by Crippen LogP contribution is 2.26. The first kappa shape index (κ1) is 14.6. The molecule has 0 aliphatic rings. The minimum atomic E-state index is -0.606. The van der Waals surface area contributed by atoms with Gasteiger partial charge in [0.1, 0.15) is 11.1 Å². The van der Waals surface area contributed by atoms with E-state index < -0.39 is 6.10 Å². The van der Waals surface area contributed by atoms with Crippen molar-refractivity contribution in [1.82, 2.24) is 10.3 Å². The average molecular weight is 258 g/mol. The predicted octanol–water partition coefficient (Wildman–Crippen LogP) is 1.44. The van der Waals surface area contributed by atoms with Crippen LogP contribution in [-0.2, 0) is 5.41 Å². The molecule has 1 heterocycles. The fraction of sp³-hybridized carbons (Fsp3) is 0.750. The van der Waals surface area contributed by atoms with Crippen LogP contribution in [0.4, 0.5) is 0 Å². The van der Waals surface area contributed by atoms with Crippen LogP contribution in [-0.4, -0.2) is 34.4 Å². The van der Waals surface area contributed by atoms with Crippen LogP contribution in [0.2, 0.25) is 0 Å². The fourth-order valence-electron chi connectivity index (χ4n) is 1.25. The van der Waals surface area contributed by atoms with Crippen molar-refractivity contribution in [2.24, 2.45) is 0 Å². The summed E-state index contributed by atoms with van der Waals surface area (Å²) < 4.78 is 0. The monoisotopic (exact) mass is 258 g/mol. The molecule has 1 rings (SSSR count). The first-order valence-electron chi connectivity index (χ1n) is 5.82. The van der Waals surface area contributed by atoms with E-state index in [-0.39, 0.29) is 18.1 Å². The highest BCUT2D eigenvalue weighted by Gasteiger charge is 2.20. The van der Waals surface area contributed by atoms with Crippen molar-refractivity contribution in [2.75, 3.05) is 13.2 Å². The molecule has 0 spiro atoms. The van der Waals surface area contributed by atoms with Crippen LogP contribution in [0.25, 0.3) is 0 Å².